The highest BCUT2D eigenvalue weighted by molar-refractivity contribution is 7.85. The first kappa shape index (κ1) is 26.5. The molecule has 0 aliphatic heterocycles. The molecule has 0 spiro atoms. The number of carbonyl (C=O) groups excluding carboxylic acids is 1. The summed E-state index contributed by atoms with van der Waals surface area (Å²) in [6, 6.07) is 13.5. The lowest BCUT2D eigenvalue weighted by molar-refractivity contribution is 0.0728. The zero-order valence-corrected chi connectivity index (χ0v) is 23.4. The molecule has 206 valence electrons. The van der Waals surface area contributed by atoms with E-state index in [0.29, 0.717) is 41.6 Å². The molecule has 0 saturated heterocycles. The van der Waals surface area contributed by atoms with Crippen LogP contribution in [0.15, 0.2) is 47.4 Å². The summed E-state index contributed by atoms with van der Waals surface area (Å²) >= 11 is 0. The Morgan fingerprint density at radius 1 is 0.769 bits per heavy atom. The van der Waals surface area contributed by atoms with E-state index in [-0.39, 0.29) is 10.9 Å². The van der Waals surface area contributed by atoms with Gasteiger partial charge >= 0.3 is 5.97 Å². The Labute approximate surface area is 231 Å². The molecule has 0 bridgehead atoms. The molecule has 3 aromatic carbocycles. The maximum absolute atomic E-state index is 14.4. The highest BCUT2D eigenvalue weighted by atomic mass is 32.2. The van der Waals surface area contributed by atoms with Crippen molar-refractivity contribution in [3.8, 4) is 5.75 Å². The van der Waals surface area contributed by atoms with Crippen LogP contribution in [0.3, 0.4) is 0 Å². The monoisotopic (exact) mass is 545 g/mol. The van der Waals surface area contributed by atoms with E-state index in [1.54, 1.807) is 0 Å². The average molecular weight is 546 g/mol. The summed E-state index contributed by atoms with van der Waals surface area (Å²) in [5.41, 5.74) is 4.22. The number of benzene rings is 3. The molecule has 6 heteroatoms. The number of ether oxygens (including phenoxy) is 1. The summed E-state index contributed by atoms with van der Waals surface area (Å²) in [6.07, 6.45) is 14.2. The molecule has 0 unspecified atom stereocenters. The Balaban J connectivity index is 1.50. The van der Waals surface area contributed by atoms with Crippen LogP contribution in [0.2, 0.25) is 0 Å². The van der Waals surface area contributed by atoms with Crippen LogP contribution in [-0.2, 0) is 23.0 Å². The summed E-state index contributed by atoms with van der Waals surface area (Å²) in [7, 11) is -4.60. The van der Waals surface area contributed by atoms with E-state index in [1.165, 1.54) is 56.0 Å². The van der Waals surface area contributed by atoms with Crippen LogP contribution in [0.4, 0.5) is 0 Å². The normalized spacial score (nSPS) is 19.1. The Morgan fingerprint density at radius 2 is 1.41 bits per heavy atom. The summed E-state index contributed by atoms with van der Waals surface area (Å²) in [6.45, 7) is 0. The van der Waals surface area contributed by atoms with Gasteiger partial charge in [-0.15, -0.1) is 0 Å². The van der Waals surface area contributed by atoms with Gasteiger partial charge in [0.2, 0.25) is 0 Å². The third-order valence-corrected chi connectivity index (χ3v) is 10.2. The van der Waals surface area contributed by atoms with Crippen LogP contribution in [0.5, 0.6) is 5.75 Å². The lowest BCUT2D eigenvalue weighted by atomic mass is 9.74. The minimum atomic E-state index is -4.60. The molecule has 0 atom stereocenters. The van der Waals surface area contributed by atoms with Gasteiger partial charge in [0.1, 0.15) is 15.9 Å². The van der Waals surface area contributed by atoms with Gasteiger partial charge in [-0.2, -0.15) is 0 Å². The number of hydrogen-bond acceptors (Lipinski definition) is 5. The second kappa shape index (κ2) is 11.1. The second-order valence-corrected chi connectivity index (χ2v) is 13.1. The van der Waals surface area contributed by atoms with Crippen molar-refractivity contribution >= 4 is 26.9 Å². The van der Waals surface area contributed by atoms with Gasteiger partial charge in [-0.25, -0.2) is 13.2 Å². The molecule has 3 aliphatic carbocycles. The molecule has 6 rings (SSSR count). The van der Waals surface area contributed by atoms with E-state index >= 15 is 0 Å². The molecular weight excluding hydrogens is 508 g/mol. The van der Waals surface area contributed by atoms with Gasteiger partial charge < -0.3 is 9.29 Å². The molecule has 0 aromatic heterocycles. The average Bonchev–Trinajstić information content (AvgIpc) is 2.96. The highest BCUT2D eigenvalue weighted by Crippen LogP contribution is 2.45. The van der Waals surface area contributed by atoms with Crippen LogP contribution < -0.4 is 4.74 Å². The minimum absolute atomic E-state index is 0.173. The van der Waals surface area contributed by atoms with Gasteiger partial charge in [-0.3, -0.25) is 0 Å². The first-order valence-corrected chi connectivity index (χ1v) is 16.2. The molecule has 3 aliphatic rings. The second-order valence-electron chi connectivity index (χ2n) is 11.7. The molecule has 0 heterocycles. The quantitative estimate of drug-likeness (QED) is 0.185. The van der Waals surface area contributed by atoms with Crippen molar-refractivity contribution in [2.24, 2.45) is 0 Å². The Morgan fingerprint density at radius 3 is 2.10 bits per heavy atom. The Hall–Kier alpha value is -2.70. The molecule has 5 nitrogen and oxygen atoms in total. The van der Waals surface area contributed by atoms with Crippen LogP contribution in [0.1, 0.15) is 121 Å². The molecule has 0 amide bonds. The fraction of sp³-hybridized carbons (Fsp3) is 0.485. The lowest BCUT2D eigenvalue weighted by Crippen LogP contribution is -2.21. The molecule has 0 N–H and O–H groups in total. The molecule has 39 heavy (non-hydrogen) atoms. The van der Waals surface area contributed by atoms with Crippen molar-refractivity contribution in [1.29, 1.82) is 0 Å². The van der Waals surface area contributed by atoms with Gasteiger partial charge in [-0.1, -0.05) is 62.8 Å². The summed E-state index contributed by atoms with van der Waals surface area (Å²) < 4.78 is 42.1. The SMILES string of the molecule is O=C(Oc1ccc(S(=O)(=O)[O-])c2c1CCCC2)c1c(C2CCCCC2)cc2ccccc2c1C1CCCCC1. The number of fused-ring (bicyclic) bond motifs is 2. The zero-order valence-electron chi connectivity index (χ0n) is 22.5. The van der Waals surface area contributed by atoms with Crippen molar-refractivity contribution in [1.82, 2.24) is 0 Å². The molecule has 3 aromatic rings. The van der Waals surface area contributed by atoms with E-state index in [2.05, 4.69) is 30.3 Å². The first-order chi connectivity index (χ1) is 18.9. The number of esters is 1. The third kappa shape index (κ3) is 5.26. The summed E-state index contributed by atoms with van der Waals surface area (Å²) in [5, 5.41) is 2.34. The smallest absolute Gasteiger partial charge is 0.344 e. The van der Waals surface area contributed by atoms with Crippen molar-refractivity contribution in [3.63, 3.8) is 0 Å². The molecule has 2 fully saturated rings. The Bertz CT molecular complexity index is 1490. The van der Waals surface area contributed by atoms with Gasteiger partial charge in [0, 0.05) is 0 Å². The maximum Gasteiger partial charge on any atom is 0.344 e. The summed E-state index contributed by atoms with van der Waals surface area (Å²) in [5.74, 6) is 0.707. The largest absolute Gasteiger partial charge is 0.744 e. The van der Waals surface area contributed by atoms with E-state index in [1.807, 2.05) is 0 Å². The number of hydrogen-bond donors (Lipinski definition) is 0. The predicted molar refractivity (Wildman–Crippen MR) is 152 cm³/mol. The van der Waals surface area contributed by atoms with Crippen LogP contribution in [0, 0.1) is 0 Å². The van der Waals surface area contributed by atoms with Crippen molar-refractivity contribution < 1.29 is 22.5 Å². The number of rotatable bonds is 5. The van der Waals surface area contributed by atoms with Crippen molar-refractivity contribution in [3.05, 3.63) is 70.3 Å². The fourth-order valence-corrected chi connectivity index (χ4v) is 8.22. The van der Waals surface area contributed by atoms with E-state index < -0.39 is 10.1 Å². The van der Waals surface area contributed by atoms with E-state index in [9.17, 15) is 17.8 Å². The highest BCUT2D eigenvalue weighted by Gasteiger charge is 2.32. The van der Waals surface area contributed by atoms with E-state index in [4.69, 9.17) is 4.74 Å². The van der Waals surface area contributed by atoms with Crippen LogP contribution in [-0.4, -0.2) is 18.9 Å². The summed E-state index contributed by atoms with van der Waals surface area (Å²) in [4.78, 5) is 14.2. The van der Waals surface area contributed by atoms with Gasteiger partial charge in [0.25, 0.3) is 0 Å². The maximum atomic E-state index is 14.4. The van der Waals surface area contributed by atoms with E-state index in [0.717, 1.165) is 60.6 Å². The van der Waals surface area contributed by atoms with Crippen LogP contribution >= 0.6 is 0 Å². The van der Waals surface area contributed by atoms with Gasteiger partial charge in [-0.05, 0) is 114 Å². The standard InChI is InChI=1S/C33H38O5S/c34-33(38-29-19-20-30(39(35,36)37)27-18-10-9-17-26(27)29)32-28(22-11-3-1-4-12-22)21-24-15-7-8-16-25(24)31(32)23-13-5-2-6-14-23/h7-8,15-16,19-23H,1-6,9-14,17-18H2,(H,35,36,37)/p-1. The third-order valence-electron chi connectivity index (χ3n) is 9.30. The minimum Gasteiger partial charge on any atom is -0.744 e. The lowest BCUT2D eigenvalue weighted by Gasteiger charge is -2.30. The number of carbonyl (C=O) groups is 1. The zero-order chi connectivity index (χ0) is 27.0. The fourth-order valence-electron chi connectivity index (χ4n) is 7.46. The van der Waals surface area contributed by atoms with Crippen molar-refractivity contribution in [2.45, 2.75) is 107 Å². The predicted octanol–water partition coefficient (Wildman–Crippen LogP) is 7.94. The van der Waals surface area contributed by atoms with Gasteiger partial charge in [0.15, 0.2) is 0 Å². The molecule has 0 radical (unpaired) electrons. The van der Waals surface area contributed by atoms with Gasteiger partial charge in [0.05, 0.1) is 10.5 Å². The molecular formula is C33H37O5S-. The first-order valence-electron chi connectivity index (χ1n) is 14.8. The van der Waals surface area contributed by atoms with Crippen molar-refractivity contribution in [2.75, 3.05) is 0 Å². The Kier molecular flexibility index (Phi) is 7.52. The van der Waals surface area contributed by atoms with Crippen LogP contribution in [0.25, 0.3) is 10.8 Å². The molecule has 2 saturated carbocycles. The topological polar surface area (TPSA) is 83.5 Å².